The Morgan fingerprint density at radius 1 is 1.44 bits per heavy atom. The molecule has 1 aromatic rings. The Morgan fingerprint density at radius 3 is 2.94 bits per heavy atom. The lowest BCUT2D eigenvalue weighted by Gasteiger charge is -2.24. The van der Waals surface area contributed by atoms with Crippen molar-refractivity contribution in [1.29, 1.82) is 0 Å². The first kappa shape index (κ1) is 12.6. The lowest BCUT2D eigenvalue weighted by Crippen LogP contribution is -2.36. The first-order chi connectivity index (χ1) is 8.76. The Kier molecular flexibility index (Phi) is 3.99. The molecule has 18 heavy (non-hydrogen) atoms. The molecule has 0 bridgehead atoms. The molecule has 1 amide bonds. The highest BCUT2D eigenvalue weighted by Crippen LogP contribution is 2.26. The molecule has 0 radical (unpaired) electrons. The van der Waals surface area contributed by atoms with Crippen LogP contribution in [0.5, 0.6) is 5.75 Å². The van der Waals surface area contributed by atoms with Gasteiger partial charge in [0, 0.05) is 18.7 Å². The SMILES string of the molecule is CCN(CCO)C(=O)C1=Cc2ccccc2OC1. The van der Waals surface area contributed by atoms with E-state index < -0.39 is 0 Å². The first-order valence-corrected chi connectivity index (χ1v) is 6.08. The van der Waals surface area contributed by atoms with Gasteiger partial charge in [-0.3, -0.25) is 4.79 Å². The average Bonchev–Trinajstić information content (AvgIpc) is 2.43. The summed E-state index contributed by atoms with van der Waals surface area (Å²) in [6.45, 7) is 3.10. The minimum absolute atomic E-state index is 0.0235. The number of ether oxygens (including phenoxy) is 1. The number of fused-ring (bicyclic) bond motifs is 1. The van der Waals surface area contributed by atoms with E-state index in [2.05, 4.69) is 0 Å². The maximum Gasteiger partial charge on any atom is 0.253 e. The van der Waals surface area contributed by atoms with E-state index in [0.29, 0.717) is 18.7 Å². The fourth-order valence-electron chi connectivity index (χ4n) is 1.97. The van der Waals surface area contributed by atoms with Crippen LogP contribution >= 0.6 is 0 Å². The molecule has 4 heteroatoms. The molecule has 1 aromatic carbocycles. The number of benzene rings is 1. The van der Waals surface area contributed by atoms with Gasteiger partial charge in [0.25, 0.3) is 5.91 Å². The third-order valence-corrected chi connectivity index (χ3v) is 2.95. The Bertz CT molecular complexity index is 468. The van der Waals surface area contributed by atoms with Crippen molar-refractivity contribution in [2.24, 2.45) is 0 Å². The Hall–Kier alpha value is -1.81. The van der Waals surface area contributed by atoms with Crippen LogP contribution in [0.3, 0.4) is 0 Å². The lowest BCUT2D eigenvalue weighted by molar-refractivity contribution is -0.127. The number of amides is 1. The van der Waals surface area contributed by atoms with Crippen molar-refractivity contribution in [3.8, 4) is 5.75 Å². The molecule has 0 fully saturated rings. The van der Waals surface area contributed by atoms with E-state index in [1.54, 1.807) is 4.90 Å². The van der Waals surface area contributed by atoms with Crippen molar-refractivity contribution in [3.05, 3.63) is 35.4 Å². The summed E-state index contributed by atoms with van der Waals surface area (Å²) in [6.07, 6.45) is 1.86. The number of likely N-dealkylation sites (N-methyl/N-ethyl adjacent to an activating group) is 1. The average molecular weight is 247 g/mol. The van der Waals surface area contributed by atoms with Crippen LogP contribution in [-0.4, -0.2) is 42.2 Å². The molecular weight excluding hydrogens is 230 g/mol. The number of aliphatic hydroxyl groups excluding tert-OH is 1. The van der Waals surface area contributed by atoms with Gasteiger partial charge in [0.2, 0.25) is 0 Å². The number of carbonyl (C=O) groups excluding carboxylic acids is 1. The normalized spacial score (nSPS) is 13.3. The van der Waals surface area contributed by atoms with E-state index in [-0.39, 0.29) is 19.1 Å². The van der Waals surface area contributed by atoms with Gasteiger partial charge in [0.1, 0.15) is 12.4 Å². The minimum atomic E-state index is -0.0685. The van der Waals surface area contributed by atoms with E-state index in [9.17, 15) is 4.79 Å². The van der Waals surface area contributed by atoms with Crippen LogP contribution in [0.1, 0.15) is 12.5 Å². The van der Waals surface area contributed by atoms with Gasteiger partial charge in [-0.25, -0.2) is 0 Å². The summed E-state index contributed by atoms with van der Waals surface area (Å²) in [4.78, 5) is 13.8. The smallest absolute Gasteiger partial charge is 0.253 e. The van der Waals surface area contributed by atoms with Gasteiger partial charge in [-0.15, -0.1) is 0 Å². The number of nitrogens with zero attached hydrogens (tertiary/aromatic N) is 1. The van der Waals surface area contributed by atoms with Crippen LogP contribution < -0.4 is 4.74 Å². The molecule has 0 saturated carbocycles. The molecule has 96 valence electrons. The van der Waals surface area contributed by atoms with Crippen molar-refractivity contribution in [3.63, 3.8) is 0 Å². The van der Waals surface area contributed by atoms with Crippen LogP contribution in [0.4, 0.5) is 0 Å². The number of hydrogen-bond donors (Lipinski definition) is 1. The molecule has 1 N–H and O–H groups in total. The van der Waals surface area contributed by atoms with Crippen molar-refractivity contribution in [2.75, 3.05) is 26.3 Å². The van der Waals surface area contributed by atoms with Crippen LogP contribution in [0.15, 0.2) is 29.8 Å². The van der Waals surface area contributed by atoms with Crippen LogP contribution in [0.25, 0.3) is 6.08 Å². The van der Waals surface area contributed by atoms with Gasteiger partial charge >= 0.3 is 0 Å². The molecule has 2 rings (SSSR count). The van der Waals surface area contributed by atoms with Crippen molar-refractivity contribution in [1.82, 2.24) is 4.90 Å². The molecule has 0 atom stereocenters. The van der Waals surface area contributed by atoms with E-state index in [0.717, 1.165) is 11.3 Å². The van der Waals surface area contributed by atoms with Gasteiger partial charge in [-0.1, -0.05) is 18.2 Å². The summed E-state index contributed by atoms with van der Waals surface area (Å²) < 4.78 is 5.55. The minimum Gasteiger partial charge on any atom is -0.488 e. The van der Waals surface area contributed by atoms with Crippen molar-refractivity contribution in [2.45, 2.75) is 6.92 Å². The zero-order chi connectivity index (χ0) is 13.0. The zero-order valence-corrected chi connectivity index (χ0v) is 10.4. The van der Waals surface area contributed by atoms with Gasteiger partial charge < -0.3 is 14.7 Å². The Morgan fingerprint density at radius 2 is 2.22 bits per heavy atom. The summed E-state index contributed by atoms with van der Waals surface area (Å²) in [5, 5.41) is 8.93. The highest BCUT2D eigenvalue weighted by molar-refractivity contribution is 5.99. The second-order valence-corrected chi connectivity index (χ2v) is 4.10. The Balaban J connectivity index is 2.20. The lowest BCUT2D eigenvalue weighted by atomic mass is 10.1. The maximum atomic E-state index is 12.2. The maximum absolute atomic E-state index is 12.2. The summed E-state index contributed by atoms with van der Waals surface area (Å²) in [6, 6.07) is 7.63. The number of carbonyl (C=O) groups is 1. The highest BCUT2D eigenvalue weighted by atomic mass is 16.5. The second-order valence-electron chi connectivity index (χ2n) is 4.10. The largest absolute Gasteiger partial charge is 0.488 e. The summed E-state index contributed by atoms with van der Waals surface area (Å²) in [5.74, 6) is 0.736. The van der Waals surface area contributed by atoms with Crippen molar-refractivity contribution < 1.29 is 14.6 Å². The number of rotatable bonds is 4. The number of hydrogen-bond acceptors (Lipinski definition) is 3. The highest BCUT2D eigenvalue weighted by Gasteiger charge is 2.20. The topological polar surface area (TPSA) is 49.8 Å². The predicted octanol–water partition coefficient (Wildman–Crippen LogP) is 1.30. The molecule has 0 aliphatic carbocycles. The summed E-state index contributed by atoms with van der Waals surface area (Å²) in [7, 11) is 0. The molecule has 1 aliphatic heterocycles. The van der Waals surface area contributed by atoms with E-state index in [1.807, 2.05) is 37.3 Å². The third-order valence-electron chi connectivity index (χ3n) is 2.95. The van der Waals surface area contributed by atoms with Crippen molar-refractivity contribution >= 4 is 12.0 Å². The van der Waals surface area contributed by atoms with Gasteiger partial charge in [0.05, 0.1) is 12.2 Å². The number of aliphatic hydroxyl groups is 1. The molecule has 0 saturated heterocycles. The predicted molar refractivity (Wildman–Crippen MR) is 69.3 cm³/mol. The van der Waals surface area contributed by atoms with E-state index in [4.69, 9.17) is 9.84 Å². The molecule has 1 heterocycles. The van der Waals surface area contributed by atoms with Crippen LogP contribution in [-0.2, 0) is 4.79 Å². The molecule has 0 aromatic heterocycles. The Labute approximate surface area is 106 Å². The van der Waals surface area contributed by atoms with Gasteiger partial charge in [-0.05, 0) is 19.1 Å². The fraction of sp³-hybridized carbons (Fsp3) is 0.357. The molecule has 4 nitrogen and oxygen atoms in total. The first-order valence-electron chi connectivity index (χ1n) is 6.08. The number of para-hydroxylation sites is 1. The molecule has 0 unspecified atom stereocenters. The standard InChI is InChI=1S/C14H17NO3/c1-2-15(7-8-16)14(17)12-9-11-5-3-4-6-13(11)18-10-12/h3-6,9,16H,2,7-8,10H2,1H3. The van der Waals surface area contributed by atoms with Gasteiger partial charge in [0.15, 0.2) is 0 Å². The monoisotopic (exact) mass is 247 g/mol. The van der Waals surface area contributed by atoms with Gasteiger partial charge in [-0.2, -0.15) is 0 Å². The molecule has 1 aliphatic rings. The van der Waals surface area contributed by atoms with Crippen LogP contribution in [0.2, 0.25) is 0 Å². The molecular formula is C14H17NO3. The zero-order valence-electron chi connectivity index (χ0n) is 10.4. The quantitative estimate of drug-likeness (QED) is 0.872. The summed E-state index contributed by atoms with van der Waals surface area (Å²) in [5.41, 5.74) is 1.55. The van der Waals surface area contributed by atoms with E-state index >= 15 is 0 Å². The van der Waals surface area contributed by atoms with E-state index in [1.165, 1.54) is 0 Å². The van der Waals surface area contributed by atoms with Crippen LogP contribution in [0, 0.1) is 0 Å². The summed E-state index contributed by atoms with van der Waals surface area (Å²) >= 11 is 0. The fourth-order valence-corrected chi connectivity index (χ4v) is 1.97. The molecule has 0 spiro atoms. The second kappa shape index (κ2) is 5.69. The third kappa shape index (κ3) is 2.54.